The van der Waals surface area contributed by atoms with Crippen molar-refractivity contribution in [2.75, 3.05) is 32.8 Å². The van der Waals surface area contributed by atoms with E-state index in [9.17, 15) is 4.79 Å². The van der Waals surface area contributed by atoms with Crippen molar-refractivity contribution in [2.24, 2.45) is 0 Å². The van der Waals surface area contributed by atoms with Crippen LogP contribution in [0.15, 0.2) is 36.4 Å². The smallest absolute Gasteiger partial charge is 0.164 e. The Balaban J connectivity index is 1.77. The topological polar surface area (TPSA) is 29.5 Å². The van der Waals surface area contributed by atoms with Gasteiger partial charge < -0.3 is 4.74 Å². The van der Waals surface area contributed by atoms with E-state index in [-0.39, 0.29) is 5.78 Å². The van der Waals surface area contributed by atoms with Crippen LogP contribution >= 0.6 is 11.6 Å². The highest BCUT2D eigenvalue weighted by molar-refractivity contribution is 6.36. The average molecular weight is 304 g/mol. The summed E-state index contributed by atoms with van der Waals surface area (Å²) in [7, 11) is 0. The highest BCUT2D eigenvalue weighted by atomic mass is 35.5. The molecule has 3 rings (SSSR count). The zero-order valence-corrected chi connectivity index (χ0v) is 12.6. The number of carbonyl (C=O) groups is 1. The fourth-order valence-corrected chi connectivity index (χ4v) is 2.95. The largest absolute Gasteiger partial charge is 0.379 e. The van der Waals surface area contributed by atoms with Crippen molar-refractivity contribution in [3.63, 3.8) is 0 Å². The SMILES string of the molecule is O=C(CCN1CCOCC1)c1ccc(Cl)c2ccccc12. The summed E-state index contributed by atoms with van der Waals surface area (Å²) in [4.78, 5) is 14.8. The van der Waals surface area contributed by atoms with E-state index in [1.54, 1.807) is 0 Å². The summed E-state index contributed by atoms with van der Waals surface area (Å²) in [6, 6.07) is 11.4. The third kappa shape index (κ3) is 3.26. The predicted molar refractivity (Wildman–Crippen MR) is 85.2 cm³/mol. The molecule has 2 aromatic rings. The number of rotatable bonds is 4. The molecule has 0 atom stereocenters. The molecule has 1 aliphatic heterocycles. The quantitative estimate of drug-likeness (QED) is 0.811. The lowest BCUT2D eigenvalue weighted by Gasteiger charge is -2.26. The lowest BCUT2D eigenvalue weighted by atomic mass is 9.99. The van der Waals surface area contributed by atoms with E-state index in [1.165, 1.54) is 0 Å². The van der Waals surface area contributed by atoms with Gasteiger partial charge in [-0.25, -0.2) is 0 Å². The molecule has 0 N–H and O–H groups in total. The third-order valence-electron chi connectivity index (χ3n) is 3.93. The van der Waals surface area contributed by atoms with Crippen molar-refractivity contribution < 1.29 is 9.53 Å². The number of ether oxygens (including phenoxy) is 1. The van der Waals surface area contributed by atoms with Crippen molar-refractivity contribution in [3.8, 4) is 0 Å². The molecule has 0 amide bonds. The number of carbonyl (C=O) groups excluding carboxylic acids is 1. The number of nitrogens with zero attached hydrogens (tertiary/aromatic N) is 1. The second-order valence-electron chi connectivity index (χ2n) is 5.27. The molecule has 21 heavy (non-hydrogen) atoms. The Morgan fingerprint density at radius 3 is 2.57 bits per heavy atom. The molecule has 0 aromatic heterocycles. The van der Waals surface area contributed by atoms with Crippen LogP contribution in [0.5, 0.6) is 0 Å². The summed E-state index contributed by atoms with van der Waals surface area (Å²) < 4.78 is 5.32. The van der Waals surface area contributed by atoms with Crippen molar-refractivity contribution in [3.05, 3.63) is 47.0 Å². The van der Waals surface area contributed by atoms with E-state index < -0.39 is 0 Å². The van der Waals surface area contributed by atoms with Crippen molar-refractivity contribution in [2.45, 2.75) is 6.42 Å². The minimum absolute atomic E-state index is 0.175. The van der Waals surface area contributed by atoms with Crippen LogP contribution in [0.1, 0.15) is 16.8 Å². The van der Waals surface area contributed by atoms with Gasteiger partial charge in [-0.15, -0.1) is 0 Å². The van der Waals surface area contributed by atoms with Gasteiger partial charge in [0.1, 0.15) is 0 Å². The van der Waals surface area contributed by atoms with E-state index in [4.69, 9.17) is 16.3 Å². The highest BCUT2D eigenvalue weighted by Gasteiger charge is 2.15. The number of halogens is 1. The van der Waals surface area contributed by atoms with E-state index in [0.717, 1.165) is 49.2 Å². The van der Waals surface area contributed by atoms with Crippen molar-refractivity contribution >= 4 is 28.2 Å². The zero-order chi connectivity index (χ0) is 14.7. The second-order valence-corrected chi connectivity index (χ2v) is 5.67. The Bertz CT molecular complexity index is 650. The molecule has 0 aliphatic carbocycles. The van der Waals surface area contributed by atoms with Gasteiger partial charge in [-0.1, -0.05) is 35.9 Å². The molecule has 0 radical (unpaired) electrons. The van der Waals surface area contributed by atoms with Crippen LogP contribution in [0.25, 0.3) is 10.8 Å². The Labute approximate surface area is 129 Å². The van der Waals surface area contributed by atoms with Gasteiger partial charge in [0.15, 0.2) is 5.78 Å². The molecule has 110 valence electrons. The number of hydrogen-bond acceptors (Lipinski definition) is 3. The maximum Gasteiger partial charge on any atom is 0.164 e. The lowest BCUT2D eigenvalue weighted by molar-refractivity contribution is 0.0370. The predicted octanol–water partition coefficient (Wildman–Crippen LogP) is 3.40. The van der Waals surface area contributed by atoms with Crippen LogP contribution < -0.4 is 0 Å². The lowest BCUT2D eigenvalue weighted by Crippen LogP contribution is -2.37. The Hall–Kier alpha value is -1.42. The summed E-state index contributed by atoms with van der Waals surface area (Å²) >= 11 is 6.20. The van der Waals surface area contributed by atoms with Gasteiger partial charge in [-0.05, 0) is 17.5 Å². The second kappa shape index (κ2) is 6.56. The first-order chi connectivity index (χ1) is 10.3. The summed E-state index contributed by atoms with van der Waals surface area (Å²) in [5.74, 6) is 0.175. The van der Waals surface area contributed by atoms with Crippen LogP contribution in [0.4, 0.5) is 0 Å². The molecule has 3 nitrogen and oxygen atoms in total. The summed E-state index contributed by atoms with van der Waals surface area (Å²) in [6.45, 7) is 4.14. The third-order valence-corrected chi connectivity index (χ3v) is 4.26. The molecule has 0 unspecified atom stereocenters. The van der Waals surface area contributed by atoms with Crippen LogP contribution in [0.2, 0.25) is 5.02 Å². The van der Waals surface area contributed by atoms with E-state index in [1.807, 2.05) is 36.4 Å². The molecule has 0 saturated carbocycles. The number of Topliss-reactive ketones (excluding diaryl/α,β-unsaturated/α-hetero) is 1. The molecule has 4 heteroatoms. The summed E-state index contributed by atoms with van der Waals surface area (Å²) in [6.07, 6.45) is 0.533. The molecule has 0 bridgehead atoms. The fourth-order valence-electron chi connectivity index (χ4n) is 2.72. The molecular weight excluding hydrogens is 286 g/mol. The van der Waals surface area contributed by atoms with Gasteiger partial charge in [0.05, 0.1) is 13.2 Å². The molecular formula is C17H18ClNO2. The maximum absolute atomic E-state index is 12.5. The van der Waals surface area contributed by atoms with Crippen molar-refractivity contribution in [1.29, 1.82) is 0 Å². The highest BCUT2D eigenvalue weighted by Crippen LogP contribution is 2.27. The van der Waals surface area contributed by atoms with Gasteiger partial charge in [0.25, 0.3) is 0 Å². The van der Waals surface area contributed by atoms with Gasteiger partial charge >= 0.3 is 0 Å². The maximum atomic E-state index is 12.5. The molecule has 2 aromatic carbocycles. The first kappa shape index (κ1) is 14.5. The van der Waals surface area contributed by atoms with E-state index in [2.05, 4.69) is 4.90 Å². The van der Waals surface area contributed by atoms with Gasteiger partial charge in [0, 0.05) is 42.0 Å². The molecule has 1 fully saturated rings. The number of ketones is 1. The van der Waals surface area contributed by atoms with E-state index >= 15 is 0 Å². The average Bonchev–Trinajstić information content (AvgIpc) is 2.54. The molecule has 1 heterocycles. The van der Waals surface area contributed by atoms with Crippen molar-refractivity contribution in [1.82, 2.24) is 4.90 Å². The van der Waals surface area contributed by atoms with E-state index in [0.29, 0.717) is 11.4 Å². The minimum atomic E-state index is 0.175. The first-order valence-corrected chi connectivity index (χ1v) is 7.64. The number of hydrogen-bond donors (Lipinski definition) is 0. The van der Waals surface area contributed by atoms with Crippen LogP contribution in [0, 0.1) is 0 Å². The monoisotopic (exact) mass is 303 g/mol. The molecule has 1 aliphatic rings. The number of morpholine rings is 1. The van der Waals surface area contributed by atoms with Gasteiger partial charge in [-0.3, -0.25) is 9.69 Å². The Kier molecular flexibility index (Phi) is 4.54. The normalized spacial score (nSPS) is 16.2. The number of benzene rings is 2. The minimum Gasteiger partial charge on any atom is -0.379 e. The van der Waals surface area contributed by atoms with Gasteiger partial charge in [-0.2, -0.15) is 0 Å². The van der Waals surface area contributed by atoms with Gasteiger partial charge in [0.2, 0.25) is 0 Å². The number of fused-ring (bicyclic) bond motifs is 1. The summed E-state index contributed by atoms with van der Waals surface area (Å²) in [5.41, 5.74) is 0.767. The standard InChI is InChI=1S/C17H18ClNO2/c18-16-6-5-15(13-3-1-2-4-14(13)16)17(20)7-8-19-9-11-21-12-10-19/h1-6H,7-12H2. The molecule has 0 spiro atoms. The van der Waals surface area contributed by atoms with Crippen LogP contribution in [-0.4, -0.2) is 43.5 Å². The Morgan fingerprint density at radius 1 is 1.10 bits per heavy atom. The zero-order valence-electron chi connectivity index (χ0n) is 11.8. The fraction of sp³-hybridized carbons (Fsp3) is 0.353. The van der Waals surface area contributed by atoms with Crippen LogP contribution in [0.3, 0.4) is 0 Å². The molecule has 1 saturated heterocycles. The Morgan fingerprint density at radius 2 is 1.81 bits per heavy atom. The first-order valence-electron chi connectivity index (χ1n) is 7.26. The summed E-state index contributed by atoms with van der Waals surface area (Å²) in [5, 5.41) is 2.57. The van der Waals surface area contributed by atoms with Crippen LogP contribution in [-0.2, 0) is 4.74 Å².